The number of carbonyl (C=O) groups is 2. The summed E-state index contributed by atoms with van der Waals surface area (Å²) in [5.41, 5.74) is 2.97. The normalized spacial score (nSPS) is 15.3. The lowest BCUT2D eigenvalue weighted by atomic mass is 10.1. The summed E-state index contributed by atoms with van der Waals surface area (Å²) in [6.45, 7) is 0.413. The Morgan fingerprint density at radius 1 is 1.09 bits per heavy atom. The first kappa shape index (κ1) is 25.1. The maximum absolute atomic E-state index is 13.0. The van der Waals surface area contributed by atoms with Crippen molar-refractivity contribution in [1.29, 1.82) is 5.26 Å². The molecule has 1 aliphatic rings. The maximum Gasteiger partial charge on any atom is 0.289 e. The average molecular weight is 572 g/mol. The molecule has 0 aromatic heterocycles. The third kappa shape index (κ3) is 5.81. The third-order valence-corrected chi connectivity index (χ3v) is 7.58. The van der Waals surface area contributed by atoms with E-state index in [0.717, 1.165) is 32.9 Å². The van der Waals surface area contributed by atoms with Gasteiger partial charge in [0.25, 0.3) is 5.24 Å². The minimum Gasteiger partial charge on any atom is -0.493 e. The van der Waals surface area contributed by atoms with E-state index in [1.807, 2.05) is 12.1 Å². The van der Waals surface area contributed by atoms with E-state index in [0.29, 0.717) is 28.5 Å². The van der Waals surface area contributed by atoms with Crippen LogP contribution in [0.4, 0.5) is 4.79 Å². The molecule has 35 heavy (non-hydrogen) atoms. The van der Waals surface area contributed by atoms with Crippen molar-refractivity contribution < 1.29 is 19.1 Å². The first-order chi connectivity index (χ1) is 16.9. The van der Waals surface area contributed by atoms with Crippen LogP contribution in [0.1, 0.15) is 22.3 Å². The highest BCUT2D eigenvalue weighted by molar-refractivity contribution is 9.10. The van der Waals surface area contributed by atoms with Crippen LogP contribution in [0.5, 0.6) is 11.5 Å². The molecule has 0 spiro atoms. The van der Waals surface area contributed by atoms with Crippen LogP contribution in [-0.2, 0) is 24.4 Å². The Balaban J connectivity index is 1.47. The predicted octanol–water partition coefficient (Wildman–Crippen LogP) is 6.37. The van der Waals surface area contributed by atoms with Gasteiger partial charge in [0.05, 0.1) is 30.5 Å². The number of methoxy groups -OCH3 is 1. The molecule has 178 valence electrons. The van der Waals surface area contributed by atoms with E-state index >= 15 is 0 Å². The zero-order valence-corrected chi connectivity index (χ0v) is 21.8. The van der Waals surface area contributed by atoms with Crippen molar-refractivity contribution in [3.63, 3.8) is 0 Å². The molecule has 1 aliphatic heterocycles. The molecule has 4 rings (SSSR count). The largest absolute Gasteiger partial charge is 0.493 e. The molecule has 1 saturated heterocycles. The molecule has 0 aliphatic carbocycles. The zero-order valence-electron chi connectivity index (χ0n) is 18.7. The summed E-state index contributed by atoms with van der Waals surface area (Å²) in [5.74, 6) is 0.772. The van der Waals surface area contributed by atoms with Gasteiger partial charge in [-0.2, -0.15) is 5.26 Å². The summed E-state index contributed by atoms with van der Waals surface area (Å²) in [4.78, 5) is 26.8. The molecule has 9 heteroatoms. The van der Waals surface area contributed by atoms with E-state index in [-0.39, 0.29) is 24.3 Å². The van der Waals surface area contributed by atoms with Gasteiger partial charge in [-0.05, 0) is 47.9 Å². The van der Waals surface area contributed by atoms with E-state index in [4.69, 9.17) is 21.1 Å². The molecule has 0 radical (unpaired) electrons. The van der Waals surface area contributed by atoms with Crippen molar-refractivity contribution in [2.45, 2.75) is 24.8 Å². The number of rotatable bonds is 8. The number of hydrogen-bond donors (Lipinski definition) is 0. The molecule has 0 unspecified atom stereocenters. The van der Waals surface area contributed by atoms with Crippen LogP contribution in [0.25, 0.3) is 0 Å². The number of imide groups is 1. The second kappa shape index (κ2) is 11.2. The number of hydrogen-bond acceptors (Lipinski definition) is 6. The van der Waals surface area contributed by atoms with Gasteiger partial charge >= 0.3 is 0 Å². The van der Waals surface area contributed by atoms with Gasteiger partial charge in [0, 0.05) is 15.1 Å². The van der Waals surface area contributed by atoms with Gasteiger partial charge in [0.15, 0.2) is 11.5 Å². The molecule has 0 N–H and O–H groups in total. The number of nitriles is 1. The van der Waals surface area contributed by atoms with Gasteiger partial charge in [0.2, 0.25) is 5.91 Å². The van der Waals surface area contributed by atoms with Gasteiger partial charge in [-0.1, -0.05) is 69.6 Å². The Kier molecular flexibility index (Phi) is 8.01. The molecule has 0 saturated carbocycles. The number of halogens is 2. The second-order valence-corrected chi connectivity index (χ2v) is 10.2. The van der Waals surface area contributed by atoms with Gasteiger partial charge < -0.3 is 9.47 Å². The van der Waals surface area contributed by atoms with E-state index in [1.54, 1.807) is 48.5 Å². The van der Waals surface area contributed by atoms with Crippen LogP contribution in [0, 0.1) is 11.3 Å². The van der Waals surface area contributed by atoms with Gasteiger partial charge in [-0.3, -0.25) is 14.5 Å². The second-order valence-electron chi connectivity index (χ2n) is 7.78. The fourth-order valence-electron chi connectivity index (χ4n) is 3.66. The van der Waals surface area contributed by atoms with Crippen molar-refractivity contribution in [3.05, 3.63) is 92.4 Å². The van der Waals surface area contributed by atoms with Crippen molar-refractivity contribution in [2.75, 3.05) is 7.11 Å². The van der Waals surface area contributed by atoms with Gasteiger partial charge in [0.1, 0.15) is 6.61 Å². The molecule has 1 fully saturated rings. The van der Waals surface area contributed by atoms with Crippen molar-refractivity contribution in [2.24, 2.45) is 0 Å². The number of nitrogens with zero attached hydrogens (tertiary/aromatic N) is 2. The maximum atomic E-state index is 13.0. The summed E-state index contributed by atoms with van der Waals surface area (Å²) in [6, 6.07) is 20.0. The van der Waals surface area contributed by atoms with Crippen LogP contribution < -0.4 is 9.47 Å². The van der Waals surface area contributed by atoms with E-state index in [2.05, 4.69) is 22.0 Å². The molecule has 2 amide bonds. The third-order valence-electron chi connectivity index (χ3n) is 5.52. The smallest absolute Gasteiger partial charge is 0.289 e. The number of benzene rings is 3. The highest BCUT2D eigenvalue weighted by atomic mass is 79.9. The minimum absolute atomic E-state index is 0.205. The summed E-state index contributed by atoms with van der Waals surface area (Å²) < 4.78 is 12.2. The lowest BCUT2D eigenvalue weighted by molar-refractivity contribution is -0.127. The fraction of sp³-hybridized carbons (Fsp3) is 0.192. The first-order valence-corrected chi connectivity index (χ1v) is 12.7. The van der Waals surface area contributed by atoms with Crippen molar-refractivity contribution in [3.8, 4) is 17.6 Å². The minimum atomic E-state index is -0.537. The Hall–Kier alpha value is -2.99. The summed E-state index contributed by atoms with van der Waals surface area (Å²) in [5, 5.41) is 9.08. The molecule has 3 aromatic rings. The SMILES string of the molecule is COc1cc(C[C@H]2SC(=O)N(Cc3ccc(Cl)cc3)C2=O)c(Br)cc1OCc1ccccc1C#N. The first-order valence-electron chi connectivity index (χ1n) is 10.6. The Morgan fingerprint density at radius 2 is 1.83 bits per heavy atom. The van der Waals surface area contributed by atoms with Crippen LogP contribution in [0.2, 0.25) is 5.02 Å². The van der Waals surface area contributed by atoms with Gasteiger partial charge in [-0.15, -0.1) is 0 Å². The number of ether oxygens (including phenoxy) is 2. The molecule has 1 heterocycles. The number of amides is 2. The average Bonchev–Trinajstić information content (AvgIpc) is 3.12. The molecule has 1 atom stereocenters. The molecule has 3 aromatic carbocycles. The number of thioether (sulfide) groups is 1. The lowest BCUT2D eigenvalue weighted by Gasteiger charge is -2.16. The van der Waals surface area contributed by atoms with E-state index in [1.165, 1.54) is 12.0 Å². The lowest BCUT2D eigenvalue weighted by Crippen LogP contribution is -2.31. The predicted molar refractivity (Wildman–Crippen MR) is 139 cm³/mol. The highest BCUT2D eigenvalue weighted by Gasteiger charge is 2.39. The highest BCUT2D eigenvalue weighted by Crippen LogP contribution is 2.38. The monoisotopic (exact) mass is 570 g/mol. The van der Waals surface area contributed by atoms with Crippen LogP contribution in [0.15, 0.2) is 65.1 Å². The van der Waals surface area contributed by atoms with E-state index in [9.17, 15) is 14.9 Å². The van der Waals surface area contributed by atoms with Crippen molar-refractivity contribution in [1.82, 2.24) is 4.90 Å². The van der Waals surface area contributed by atoms with Crippen molar-refractivity contribution >= 4 is 50.4 Å². The molecule has 6 nitrogen and oxygen atoms in total. The van der Waals surface area contributed by atoms with Crippen LogP contribution in [0.3, 0.4) is 0 Å². The summed E-state index contributed by atoms with van der Waals surface area (Å²) in [6.07, 6.45) is 0.348. The standard InChI is InChI=1S/C26H20BrClN2O4S/c1-33-22-10-19(21(27)12-23(22)34-15-18-5-3-2-4-17(18)13-29)11-24-25(31)30(26(32)35-24)14-16-6-8-20(28)9-7-16/h2-10,12,24H,11,14-15H2,1H3/t24-/m1/s1. The summed E-state index contributed by atoms with van der Waals surface area (Å²) in [7, 11) is 1.54. The fourth-order valence-corrected chi connectivity index (χ4v) is 5.29. The van der Waals surface area contributed by atoms with Crippen LogP contribution >= 0.6 is 39.3 Å². The zero-order chi connectivity index (χ0) is 24.9. The number of carbonyl (C=O) groups excluding carboxylic acids is 2. The van der Waals surface area contributed by atoms with Crippen LogP contribution in [-0.4, -0.2) is 28.4 Å². The van der Waals surface area contributed by atoms with Gasteiger partial charge in [-0.25, -0.2) is 0 Å². The Labute approximate surface area is 220 Å². The molecule has 0 bridgehead atoms. The molecular formula is C26H20BrClN2O4S. The summed E-state index contributed by atoms with van der Waals surface area (Å²) >= 11 is 10.5. The Morgan fingerprint density at radius 3 is 2.54 bits per heavy atom. The van der Waals surface area contributed by atoms with E-state index < -0.39 is 5.25 Å². The topological polar surface area (TPSA) is 79.6 Å². The molecular weight excluding hydrogens is 552 g/mol. The Bertz CT molecular complexity index is 1310. The quantitative estimate of drug-likeness (QED) is 0.313.